The number of hydrogen-bond donors (Lipinski definition) is 4. The molecular weight excluding hydrogens is 609 g/mol. The zero-order valence-electron chi connectivity index (χ0n) is 24.2. The Balaban J connectivity index is 1.32. The van der Waals surface area contributed by atoms with Crippen LogP contribution in [-0.2, 0) is 6.54 Å². The van der Waals surface area contributed by atoms with Crippen molar-refractivity contribution in [3.8, 4) is 0 Å². The first kappa shape index (κ1) is 33.7. The summed E-state index contributed by atoms with van der Waals surface area (Å²) in [7, 11) is 0. The van der Waals surface area contributed by atoms with E-state index >= 15 is 4.39 Å². The van der Waals surface area contributed by atoms with Crippen LogP contribution in [0.5, 0.6) is 0 Å². The molecule has 2 aromatic rings. The zero-order valence-corrected chi connectivity index (χ0v) is 24.9. The van der Waals surface area contributed by atoms with Gasteiger partial charge >= 0.3 is 12.2 Å². The third-order valence-corrected chi connectivity index (χ3v) is 8.49. The number of aliphatic hydroxyl groups excluding tert-OH is 1. The minimum Gasteiger partial charge on any atom is -0.396 e. The van der Waals surface area contributed by atoms with Crippen LogP contribution in [0.15, 0.2) is 30.3 Å². The van der Waals surface area contributed by atoms with Crippen molar-refractivity contribution in [2.75, 3.05) is 56.1 Å². The summed E-state index contributed by atoms with van der Waals surface area (Å²) in [5, 5.41) is 17.5. The van der Waals surface area contributed by atoms with Gasteiger partial charge in [0.15, 0.2) is 11.6 Å². The number of halogens is 6. The molecule has 44 heavy (non-hydrogen) atoms. The minimum atomic E-state index is -4.24. The van der Waals surface area contributed by atoms with E-state index in [0.717, 1.165) is 31.7 Å². The zero-order chi connectivity index (χ0) is 31.9. The van der Waals surface area contributed by atoms with Crippen LogP contribution >= 0.6 is 11.6 Å². The smallest absolute Gasteiger partial charge is 0.390 e. The molecular formula is C30H37ClF5N5O3. The molecule has 3 amide bonds. The monoisotopic (exact) mass is 645 g/mol. The first-order chi connectivity index (χ1) is 20.9. The van der Waals surface area contributed by atoms with E-state index in [-0.39, 0.29) is 30.9 Å². The molecule has 0 radical (unpaired) electrons. The van der Waals surface area contributed by atoms with Gasteiger partial charge in [-0.25, -0.2) is 13.6 Å². The van der Waals surface area contributed by atoms with Crippen LogP contribution in [0.2, 0.25) is 5.02 Å². The molecule has 1 aliphatic carbocycles. The number of nitrogens with zero attached hydrogens (tertiary/aromatic N) is 2. The molecule has 0 aromatic heterocycles. The van der Waals surface area contributed by atoms with Crippen molar-refractivity contribution >= 4 is 34.9 Å². The van der Waals surface area contributed by atoms with Gasteiger partial charge in [-0.15, -0.1) is 0 Å². The second-order valence-corrected chi connectivity index (χ2v) is 11.8. The van der Waals surface area contributed by atoms with Gasteiger partial charge in [0.05, 0.1) is 23.4 Å². The molecule has 0 atom stereocenters. The van der Waals surface area contributed by atoms with E-state index in [4.69, 9.17) is 11.6 Å². The molecule has 1 saturated heterocycles. The summed E-state index contributed by atoms with van der Waals surface area (Å²) in [6, 6.07) is 6.49. The molecule has 14 heteroatoms. The van der Waals surface area contributed by atoms with Gasteiger partial charge in [-0.05, 0) is 61.8 Å². The Morgan fingerprint density at radius 2 is 1.61 bits per heavy atom. The highest BCUT2D eigenvalue weighted by Gasteiger charge is 2.29. The first-order valence-electron chi connectivity index (χ1n) is 14.7. The number of rotatable bonds is 10. The average Bonchev–Trinajstić information content (AvgIpc) is 3.00. The maximum absolute atomic E-state index is 15.0. The summed E-state index contributed by atoms with van der Waals surface area (Å²) in [5.74, 6) is -2.92. The van der Waals surface area contributed by atoms with Gasteiger partial charge in [0.1, 0.15) is 0 Å². The molecule has 0 bridgehead atoms. The number of nitrogens with one attached hydrogen (secondary N) is 3. The second kappa shape index (κ2) is 15.2. The first-order valence-corrected chi connectivity index (χ1v) is 15.1. The lowest BCUT2D eigenvalue weighted by Crippen LogP contribution is -2.47. The van der Waals surface area contributed by atoms with E-state index in [1.54, 1.807) is 11.0 Å². The summed E-state index contributed by atoms with van der Waals surface area (Å²) in [4.78, 5) is 28.8. The van der Waals surface area contributed by atoms with E-state index in [9.17, 15) is 32.3 Å². The summed E-state index contributed by atoms with van der Waals surface area (Å²) in [6.07, 6.45) is -1.54. The van der Waals surface area contributed by atoms with Gasteiger partial charge in [0.2, 0.25) is 0 Å². The van der Waals surface area contributed by atoms with Crippen LogP contribution < -0.4 is 20.9 Å². The van der Waals surface area contributed by atoms with Crippen molar-refractivity contribution in [3.63, 3.8) is 0 Å². The highest BCUT2D eigenvalue weighted by Crippen LogP contribution is 2.32. The molecule has 0 spiro atoms. The Labute approximate surface area is 257 Å². The van der Waals surface area contributed by atoms with Crippen LogP contribution in [0.1, 0.15) is 48.0 Å². The molecule has 2 fully saturated rings. The molecule has 1 aliphatic heterocycles. The second-order valence-electron chi connectivity index (χ2n) is 11.3. The highest BCUT2D eigenvalue weighted by molar-refractivity contribution is 6.31. The topological polar surface area (TPSA) is 96.9 Å². The normalized spacial score (nSPS) is 19.5. The van der Waals surface area contributed by atoms with E-state index < -0.39 is 41.7 Å². The Morgan fingerprint density at radius 1 is 0.932 bits per heavy atom. The third kappa shape index (κ3) is 9.42. The Kier molecular flexibility index (Phi) is 11.7. The number of benzene rings is 2. The SMILES string of the molecule is O=C(NCc1ccc(C(=O)Nc2ccc(Cl)cc2N2CCN(CCC(F)(F)F)CC2)c(F)c1F)NCC1CCC(CO)CC1. The fraction of sp³-hybridized carbons (Fsp3) is 0.533. The summed E-state index contributed by atoms with van der Waals surface area (Å²) < 4.78 is 67.7. The molecule has 242 valence electrons. The van der Waals surface area contributed by atoms with Crippen molar-refractivity contribution in [1.29, 1.82) is 0 Å². The van der Waals surface area contributed by atoms with Crippen molar-refractivity contribution in [1.82, 2.24) is 15.5 Å². The summed E-state index contributed by atoms with van der Waals surface area (Å²) >= 11 is 6.18. The van der Waals surface area contributed by atoms with Crippen LogP contribution in [-0.4, -0.2) is 74.0 Å². The van der Waals surface area contributed by atoms with Crippen LogP contribution in [0, 0.1) is 23.5 Å². The Morgan fingerprint density at radius 3 is 2.27 bits per heavy atom. The summed E-state index contributed by atoms with van der Waals surface area (Å²) in [6.45, 7) is 1.72. The number of hydrogen-bond acceptors (Lipinski definition) is 5. The maximum Gasteiger partial charge on any atom is 0.390 e. The maximum atomic E-state index is 15.0. The quantitative estimate of drug-likeness (QED) is 0.255. The third-order valence-electron chi connectivity index (χ3n) is 8.25. The van der Waals surface area contributed by atoms with Gasteiger partial charge in [-0.1, -0.05) is 17.7 Å². The largest absolute Gasteiger partial charge is 0.396 e. The Bertz CT molecular complexity index is 1300. The summed E-state index contributed by atoms with van der Waals surface area (Å²) in [5.41, 5.74) is 0.131. The lowest BCUT2D eigenvalue weighted by atomic mass is 9.82. The number of amides is 3. The predicted molar refractivity (Wildman–Crippen MR) is 158 cm³/mol. The standard InChI is InChI=1S/C30H37ClF5N5O3/c31-22-6-8-24(25(15-22)41-13-11-40(12-14-41)10-9-30(34,35)36)39-28(43)23-7-5-21(26(32)27(23)33)17-38-29(44)37-16-19-1-3-20(18-42)4-2-19/h5-8,15,19-20,42H,1-4,9-14,16-18H2,(H,39,43)(H2,37,38,44). The van der Waals surface area contributed by atoms with E-state index in [1.807, 2.05) is 4.90 Å². The molecule has 8 nitrogen and oxygen atoms in total. The highest BCUT2D eigenvalue weighted by atomic mass is 35.5. The van der Waals surface area contributed by atoms with Crippen LogP contribution in [0.3, 0.4) is 0 Å². The van der Waals surface area contributed by atoms with Crippen molar-refractivity contribution in [2.45, 2.75) is 44.8 Å². The fourth-order valence-corrected chi connectivity index (χ4v) is 5.72. The fourth-order valence-electron chi connectivity index (χ4n) is 5.55. The molecule has 4 N–H and O–H groups in total. The number of alkyl halides is 3. The van der Waals surface area contributed by atoms with E-state index in [2.05, 4.69) is 16.0 Å². The van der Waals surface area contributed by atoms with Crippen molar-refractivity contribution in [3.05, 3.63) is 58.1 Å². The number of anilines is 2. The average molecular weight is 646 g/mol. The van der Waals surface area contributed by atoms with Gasteiger partial charge in [-0.2, -0.15) is 13.2 Å². The van der Waals surface area contributed by atoms with Gasteiger partial charge in [0, 0.05) is 63.0 Å². The van der Waals surface area contributed by atoms with Gasteiger partial charge < -0.3 is 26.0 Å². The van der Waals surface area contributed by atoms with E-state index in [0.29, 0.717) is 55.3 Å². The number of carbonyl (C=O) groups excluding carboxylic acids is 2. The molecule has 4 rings (SSSR count). The molecule has 1 heterocycles. The van der Waals surface area contributed by atoms with Crippen LogP contribution in [0.25, 0.3) is 0 Å². The lowest BCUT2D eigenvalue weighted by Gasteiger charge is -2.37. The van der Waals surface area contributed by atoms with Crippen molar-refractivity contribution in [2.24, 2.45) is 11.8 Å². The molecule has 0 unspecified atom stereocenters. The molecule has 1 saturated carbocycles. The lowest BCUT2D eigenvalue weighted by molar-refractivity contribution is -0.138. The predicted octanol–water partition coefficient (Wildman–Crippen LogP) is 5.54. The number of urea groups is 1. The Hall–Kier alpha value is -3.16. The van der Waals surface area contributed by atoms with Crippen molar-refractivity contribution < 1.29 is 36.6 Å². The minimum absolute atomic E-state index is 0.107. The molecule has 2 aromatic carbocycles. The number of aliphatic hydroxyl groups is 1. The number of carbonyl (C=O) groups is 2. The van der Waals surface area contributed by atoms with E-state index in [1.165, 1.54) is 18.2 Å². The van der Waals surface area contributed by atoms with Gasteiger partial charge in [-0.3, -0.25) is 9.69 Å². The van der Waals surface area contributed by atoms with Gasteiger partial charge in [0.25, 0.3) is 5.91 Å². The molecule has 2 aliphatic rings. The van der Waals surface area contributed by atoms with Crippen LogP contribution in [0.4, 0.5) is 38.1 Å². The number of piperazine rings is 1.